The maximum Gasteiger partial charge on any atom is 0.110 e. The lowest BCUT2D eigenvalue weighted by atomic mass is 10.1. The summed E-state index contributed by atoms with van der Waals surface area (Å²) in [6, 6.07) is 9.54. The second kappa shape index (κ2) is 5.48. The lowest BCUT2D eigenvalue weighted by Gasteiger charge is -2.07. The van der Waals surface area contributed by atoms with Crippen molar-refractivity contribution in [3.05, 3.63) is 41.9 Å². The normalized spacial score (nSPS) is 12.1. The van der Waals surface area contributed by atoms with E-state index >= 15 is 0 Å². The van der Waals surface area contributed by atoms with Crippen LogP contribution in [0.5, 0.6) is 0 Å². The third-order valence-electron chi connectivity index (χ3n) is 3.08. The lowest BCUT2D eigenvalue weighted by Crippen LogP contribution is -2.12. The van der Waals surface area contributed by atoms with Gasteiger partial charge in [0.05, 0.1) is 23.5 Å². The van der Waals surface area contributed by atoms with Gasteiger partial charge in [-0.15, -0.1) is 0 Å². The average molecular weight is 240 g/mol. The Balaban J connectivity index is 2.26. The van der Waals surface area contributed by atoms with Crippen molar-refractivity contribution in [2.75, 3.05) is 6.54 Å². The molecule has 0 bridgehead atoms. The molecule has 4 heteroatoms. The van der Waals surface area contributed by atoms with E-state index in [2.05, 4.69) is 23.0 Å². The molecule has 1 aromatic heterocycles. The molecule has 0 radical (unpaired) electrons. The van der Waals surface area contributed by atoms with Crippen molar-refractivity contribution in [3.63, 3.8) is 0 Å². The summed E-state index contributed by atoms with van der Waals surface area (Å²) < 4.78 is 0. The molecule has 0 spiro atoms. The molecule has 0 amide bonds. The van der Waals surface area contributed by atoms with Crippen molar-refractivity contribution in [3.8, 4) is 17.3 Å². The number of nitrogens with two attached hydrogens (primary N) is 1. The van der Waals surface area contributed by atoms with E-state index in [0.29, 0.717) is 12.1 Å². The van der Waals surface area contributed by atoms with Crippen LogP contribution in [0, 0.1) is 11.3 Å². The molecule has 1 unspecified atom stereocenters. The van der Waals surface area contributed by atoms with Crippen LogP contribution in [0.1, 0.15) is 30.7 Å². The second-order valence-corrected chi connectivity index (χ2v) is 4.21. The fourth-order valence-electron chi connectivity index (χ4n) is 1.89. The van der Waals surface area contributed by atoms with E-state index < -0.39 is 0 Å². The van der Waals surface area contributed by atoms with Gasteiger partial charge in [0.1, 0.15) is 5.82 Å². The number of hydrogen-bond acceptors (Lipinski definition) is 3. The van der Waals surface area contributed by atoms with Crippen LogP contribution in [0.25, 0.3) is 11.3 Å². The number of rotatable bonds is 4. The van der Waals surface area contributed by atoms with Crippen LogP contribution in [0.15, 0.2) is 30.5 Å². The van der Waals surface area contributed by atoms with Crippen LogP contribution in [0.3, 0.4) is 0 Å². The summed E-state index contributed by atoms with van der Waals surface area (Å²) in [5, 5.41) is 8.76. The van der Waals surface area contributed by atoms with Crippen LogP contribution in [-0.4, -0.2) is 16.5 Å². The van der Waals surface area contributed by atoms with Gasteiger partial charge in [0.2, 0.25) is 0 Å². The van der Waals surface area contributed by atoms with Gasteiger partial charge < -0.3 is 10.7 Å². The number of nitrogens with zero attached hydrogens (tertiary/aromatic N) is 2. The molecule has 1 aromatic carbocycles. The van der Waals surface area contributed by atoms with Crippen LogP contribution in [0.4, 0.5) is 0 Å². The summed E-state index contributed by atoms with van der Waals surface area (Å²) >= 11 is 0. The summed E-state index contributed by atoms with van der Waals surface area (Å²) in [6.07, 6.45) is 2.78. The molecule has 18 heavy (non-hydrogen) atoms. The summed E-state index contributed by atoms with van der Waals surface area (Å²) in [5.74, 6) is 1.21. The molecule has 1 heterocycles. The Kier molecular flexibility index (Phi) is 3.75. The van der Waals surface area contributed by atoms with Crippen LogP contribution < -0.4 is 5.73 Å². The Labute approximate surface area is 106 Å². The highest BCUT2D eigenvalue weighted by atomic mass is 14.9. The van der Waals surface area contributed by atoms with Crippen LogP contribution in [-0.2, 0) is 0 Å². The fourth-order valence-corrected chi connectivity index (χ4v) is 1.89. The van der Waals surface area contributed by atoms with E-state index in [-0.39, 0.29) is 5.92 Å². The van der Waals surface area contributed by atoms with E-state index in [9.17, 15) is 0 Å². The Morgan fingerprint density at radius 3 is 2.67 bits per heavy atom. The smallest absolute Gasteiger partial charge is 0.110 e. The van der Waals surface area contributed by atoms with Gasteiger partial charge in [0.15, 0.2) is 0 Å². The molecule has 0 saturated carbocycles. The monoisotopic (exact) mass is 240 g/mol. The molecule has 0 fully saturated rings. The van der Waals surface area contributed by atoms with Gasteiger partial charge in [-0.3, -0.25) is 0 Å². The Bertz CT molecular complexity index is 544. The van der Waals surface area contributed by atoms with E-state index in [4.69, 9.17) is 11.0 Å². The number of hydrogen-bond donors (Lipinski definition) is 2. The Morgan fingerprint density at radius 1 is 1.39 bits per heavy atom. The van der Waals surface area contributed by atoms with Gasteiger partial charge in [-0.2, -0.15) is 5.26 Å². The molecule has 0 aliphatic carbocycles. The molecule has 4 nitrogen and oxygen atoms in total. The summed E-state index contributed by atoms with van der Waals surface area (Å²) in [4.78, 5) is 7.67. The zero-order chi connectivity index (χ0) is 13.0. The van der Waals surface area contributed by atoms with Crippen molar-refractivity contribution in [1.82, 2.24) is 9.97 Å². The molecular weight excluding hydrogens is 224 g/mol. The minimum absolute atomic E-state index is 0.275. The Hall–Kier alpha value is -2.12. The molecule has 0 saturated heterocycles. The lowest BCUT2D eigenvalue weighted by molar-refractivity contribution is 0.639. The number of nitrogens with one attached hydrogen (secondary N) is 1. The van der Waals surface area contributed by atoms with E-state index in [1.54, 1.807) is 12.1 Å². The third-order valence-corrected chi connectivity index (χ3v) is 3.08. The number of aromatic amines is 1. The third kappa shape index (κ3) is 2.41. The number of imidazole rings is 1. The molecule has 92 valence electrons. The predicted molar refractivity (Wildman–Crippen MR) is 70.8 cm³/mol. The first-order valence-electron chi connectivity index (χ1n) is 6.04. The van der Waals surface area contributed by atoms with Gasteiger partial charge in [0.25, 0.3) is 0 Å². The average Bonchev–Trinajstić information content (AvgIpc) is 2.90. The van der Waals surface area contributed by atoms with Gasteiger partial charge in [-0.05, 0) is 24.1 Å². The van der Waals surface area contributed by atoms with Crippen LogP contribution in [0.2, 0.25) is 0 Å². The minimum Gasteiger partial charge on any atom is -0.342 e. The molecule has 2 aromatic rings. The molecule has 1 atom stereocenters. The predicted octanol–water partition coefficient (Wildman–Crippen LogP) is 2.40. The molecule has 2 rings (SSSR count). The maximum absolute atomic E-state index is 8.76. The molecule has 0 aliphatic rings. The van der Waals surface area contributed by atoms with Gasteiger partial charge in [-0.25, -0.2) is 4.98 Å². The van der Waals surface area contributed by atoms with Gasteiger partial charge in [-0.1, -0.05) is 19.1 Å². The topological polar surface area (TPSA) is 78.5 Å². The highest BCUT2D eigenvalue weighted by Crippen LogP contribution is 2.21. The molecule has 3 N–H and O–H groups in total. The highest BCUT2D eigenvalue weighted by Gasteiger charge is 2.11. The van der Waals surface area contributed by atoms with Crippen LogP contribution >= 0.6 is 0 Å². The number of nitriles is 1. The summed E-state index contributed by atoms with van der Waals surface area (Å²) in [7, 11) is 0. The SMILES string of the molecule is CCC(CN)c1ncc(-c2ccc(C#N)cc2)[nH]1. The Morgan fingerprint density at radius 2 is 2.11 bits per heavy atom. The number of aromatic nitrogens is 2. The largest absolute Gasteiger partial charge is 0.342 e. The van der Waals surface area contributed by atoms with Gasteiger partial charge in [0, 0.05) is 12.5 Å². The molecule has 0 aliphatic heterocycles. The first kappa shape index (κ1) is 12.3. The number of benzene rings is 1. The quantitative estimate of drug-likeness (QED) is 0.861. The van der Waals surface area contributed by atoms with E-state index in [0.717, 1.165) is 23.5 Å². The van der Waals surface area contributed by atoms with Crippen molar-refractivity contribution >= 4 is 0 Å². The van der Waals surface area contributed by atoms with Crippen molar-refractivity contribution in [2.24, 2.45) is 5.73 Å². The maximum atomic E-state index is 8.76. The highest BCUT2D eigenvalue weighted by molar-refractivity contribution is 5.59. The number of H-pyrrole nitrogens is 1. The zero-order valence-electron chi connectivity index (χ0n) is 10.4. The standard InChI is InChI=1S/C14H16N4/c1-2-11(8-16)14-17-9-13(18-14)12-5-3-10(7-15)4-6-12/h3-6,9,11H,2,8,16H2,1H3,(H,17,18). The summed E-state index contributed by atoms with van der Waals surface area (Å²) in [6.45, 7) is 2.69. The first-order valence-corrected chi connectivity index (χ1v) is 6.04. The zero-order valence-corrected chi connectivity index (χ0v) is 10.4. The van der Waals surface area contributed by atoms with Crippen molar-refractivity contribution in [2.45, 2.75) is 19.3 Å². The summed E-state index contributed by atoms with van der Waals surface area (Å²) in [5.41, 5.74) is 8.35. The second-order valence-electron chi connectivity index (χ2n) is 4.21. The fraction of sp³-hybridized carbons (Fsp3) is 0.286. The van der Waals surface area contributed by atoms with E-state index in [1.165, 1.54) is 0 Å². The van der Waals surface area contributed by atoms with Crippen molar-refractivity contribution < 1.29 is 0 Å². The first-order chi connectivity index (χ1) is 8.78. The molecular formula is C14H16N4. The van der Waals surface area contributed by atoms with Crippen molar-refractivity contribution in [1.29, 1.82) is 5.26 Å². The minimum atomic E-state index is 0.275. The van der Waals surface area contributed by atoms with E-state index in [1.807, 2.05) is 18.3 Å². The van der Waals surface area contributed by atoms with Gasteiger partial charge >= 0.3 is 0 Å².